The fraction of sp³-hybridized carbons (Fsp3) is 0.333. The molecule has 1 fully saturated rings. The van der Waals surface area contributed by atoms with E-state index in [1.165, 1.54) is 21.2 Å². The van der Waals surface area contributed by atoms with Crippen molar-refractivity contribution >= 4 is 29.2 Å². The molecule has 1 aromatic carbocycles. The molecular formula is C21H24N6O3S. The summed E-state index contributed by atoms with van der Waals surface area (Å²) in [5.41, 5.74) is 5.80. The fourth-order valence-corrected chi connectivity index (χ4v) is 4.37. The van der Waals surface area contributed by atoms with Crippen LogP contribution in [0.1, 0.15) is 31.4 Å². The number of amides is 1. The number of nitrogens with one attached hydrogen (secondary N) is 1. The van der Waals surface area contributed by atoms with E-state index >= 15 is 0 Å². The van der Waals surface area contributed by atoms with Crippen LogP contribution in [0, 0.1) is 0 Å². The predicted octanol–water partition coefficient (Wildman–Crippen LogP) is 1.84. The van der Waals surface area contributed by atoms with Crippen LogP contribution in [0.3, 0.4) is 0 Å². The minimum atomic E-state index is -0.675. The Labute approximate surface area is 182 Å². The molecule has 2 aromatic heterocycles. The standard InChI is InChI=1S/C21H24N6O3S/c1-2-25(16(28)13-31-21-23-10-11-26(21)15-8-9-15)17-18(22)27(20(30)24-19(17)29)12-14-6-4-3-5-7-14/h3-7,10-11,15H,2,8-9,12-13,22H2,1H3,(H,24,29,30). The number of nitrogens with two attached hydrogens (primary N) is 1. The molecule has 1 saturated carbocycles. The van der Waals surface area contributed by atoms with Crippen LogP contribution in [0.5, 0.6) is 0 Å². The number of rotatable bonds is 8. The van der Waals surface area contributed by atoms with Gasteiger partial charge >= 0.3 is 5.69 Å². The topological polar surface area (TPSA) is 119 Å². The van der Waals surface area contributed by atoms with Crippen molar-refractivity contribution in [1.29, 1.82) is 0 Å². The Bertz CT molecular complexity index is 1200. The molecule has 0 atom stereocenters. The Balaban J connectivity index is 1.59. The van der Waals surface area contributed by atoms with E-state index in [1.54, 1.807) is 13.1 Å². The van der Waals surface area contributed by atoms with Gasteiger partial charge in [0.05, 0.1) is 12.3 Å². The van der Waals surface area contributed by atoms with Gasteiger partial charge in [0, 0.05) is 25.0 Å². The summed E-state index contributed by atoms with van der Waals surface area (Å²) in [6.07, 6.45) is 5.89. The second kappa shape index (κ2) is 8.84. The first-order valence-electron chi connectivity index (χ1n) is 10.1. The largest absolute Gasteiger partial charge is 0.383 e. The summed E-state index contributed by atoms with van der Waals surface area (Å²) in [4.78, 5) is 45.9. The summed E-state index contributed by atoms with van der Waals surface area (Å²) in [6.45, 7) is 2.20. The number of carbonyl (C=O) groups is 1. The van der Waals surface area contributed by atoms with Crippen LogP contribution in [0.2, 0.25) is 0 Å². The van der Waals surface area contributed by atoms with Crippen molar-refractivity contribution in [2.75, 3.05) is 22.9 Å². The number of hydrogen-bond donors (Lipinski definition) is 2. The summed E-state index contributed by atoms with van der Waals surface area (Å²) >= 11 is 1.33. The smallest absolute Gasteiger partial charge is 0.330 e. The molecule has 3 N–H and O–H groups in total. The van der Waals surface area contributed by atoms with Gasteiger partial charge in [0.15, 0.2) is 10.8 Å². The number of nitrogens with zero attached hydrogens (tertiary/aromatic N) is 4. The number of aromatic amines is 1. The van der Waals surface area contributed by atoms with Crippen molar-refractivity contribution in [2.24, 2.45) is 0 Å². The van der Waals surface area contributed by atoms with Gasteiger partial charge < -0.3 is 15.2 Å². The summed E-state index contributed by atoms with van der Waals surface area (Å²) in [7, 11) is 0. The minimum Gasteiger partial charge on any atom is -0.383 e. The number of anilines is 2. The molecule has 1 aliphatic rings. The summed E-state index contributed by atoms with van der Waals surface area (Å²) in [6, 6.07) is 9.76. The van der Waals surface area contributed by atoms with Crippen LogP contribution in [-0.4, -0.2) is 37.3 Å². The molecule has 3 aromatic rings. The lowest BCUT2D eigenvalue weighted by Crippen LogP contribution is -2.41. The lowest BCUT2D eigenvalue weighted by Gasteiger charge is -2.23. The van der Waals surface area contributed by atoms with E-state index in [1.807, 2.05) is 36.5 Å². The van der Waals surface area contributed by atoms with E-state index in [0.29, 0.717) is 6.04 Å². The highest BCUT2D eigenvalue weighted by molar-refractivity contribution is 7.99. The molecule has 4 rings (SSSR count). The van der Waals surface area contributed by atoms with Gasteiger partial charge in [-0.2, -0.15) is 0 Å². The molecule has 0 spiro atoms. The summed E-state index contributed by atoms with van der Waals surface area (Å²) < 4.78 is 3.35. The molecule has 9 nitrogen and oxygen atoms in total. The number of hydrogen-bond acceptors (Lipinski definition) is 6. The van der Waals surface area contributed by atoms with E-state index in [0.717, 1.165) is 23.6 Å². The van der Waals surface area contributed by atoms with Crippen molar-refractivity contribution in [2.45, 2.75) is 37.5 Å². The van der Waals surface area contributed by atoms with Crippen LogP contribution in [0.15, 0.2) is 57.5 Å². The maximum Gasteiger partial charge on any atom is 0.330 e. The Morgan fingerprint density at radius 2 is 2.03 bits per heavy atom. The average Bonchev–Trinajstić information content (AvgIpc) is 3.50. The van der Waals surface area contributed by atoms with Gasteiger partial charge in [0.25, 0.3) is 5.56 Å². The quantitative estimate of drug-likeness (QED) is 0.516. The molecule has 31 heavy (non-hydrogen) atoms. The first-order chi connectivity index (χ1) is 15.0. The van der Waals surface area contributed by atoms with Crippen molar-refractivity contribution in [3.8, 4) is 0 Å². The predicted molar refractivity (Wildman–Crippen MR) is 121 cm³/mol. The molecule has 0 radical (unpaired) electrons. The maximum atomic E-state index is 13.0. The highest BCUT2D eigenvalue weighted by Gasteiger charge is 2.27. The van der Waals surface area contributed by atoms with Gasteiger partial charge in [0.2, 0.25) is 5.91 Å². The van der Waals surface area contributed by atoms with E-state index in [2.05, 4.69) is 14.5 Å². The zero-order chi connectivity index (χ0) is 22.0. The first-order valence-corrected chi connectivity index (χ1v) is 11.1. The van der Waals surface area contributed by atoms with E-state index in [4.69, 9.17) is 5.73 Å². The number of nitrogen functional groups attached to an aromatic ring is 1. The van der Waals surface area contributed by atoms with Crippen LogP contribution in [0.25, 0.3) is 0 Å². The van der Waals surface area contributed by atoms with Gasteiger partial charge in [-0.1, -0.05) is 42.1 Å². The first kappa shape index (κ1) is 21.0. The van der Waals surface area contributed by atoms with E-state index in [9.17, 15) is 14.4 Å². The van der Waals surface area contributed by atoms with Gasteiger partial charge in [-0.05, 0) is 25.3 Å². The molecule has 1 aliphatic carbocycles. The van der Waals surface area contributed by atoms with Crippen LogP contribution in [0.4, 0.5) is 11.5 Å². The molecular weight excluding hydrogens is 416 g/mol. The van der Waals surface area contributed by atoms with E-state index < -0.39 is 11.2 Å². The second-order valence-electron chi connectivity index (χ2n) is 7.34. The molecule has 2 heterocycles. The van der Waals surface area contributed by atoms with E-state index in [-0.39, 0.29) is 36.3 Å². The number of benzene rings is 1. The van der Waals surface area contributed by atoms with Crippen molar-refractivity contribution in [1.82, 2.24) is 19.1 Å². The van der Waals surface area contributed by atoms with Crippen LogP contribution >= 0.6 is 11.8 Å². The Morgan fingerprint density at radius 3 is 2.71 bits per heavy atom. The van der Waals surface area contributed by atoms with Crippen molar-refractivity contribution in [3.05, 3.63) is 69.1 Å². The number of carbonyl (C=O) groups excluding carboxylic acids is 1. The molecule has 0 bridgehead atoms. The average molecular weight is 441 g/mol. The normalized spacial score (nSPS) is 13.3. The molecule has 0 saturated heterocycles. The highest BCUT2D eigenvalue weighted by Crippen LogP contribution is 2.37. The summed E-state index contributed by atoms with van der Waals surface area (Å²) in [5.74, 6) is -0.203. The van der Waals surface area contributed by atoms with Gasteiger partial charge in [-0.3, -0.25) is 19.1 Å². The summed E-state index contributed by atoms with van der Waals surface area (Å²) in [5, 5.41) is 0.780. The third-order valence-electron chi connectivity index (χ3n) is 5.18. The molecule has 10 heteroatoms. The maximum absolute atomic E-state index is 13.0. The Kier molecular flexibility index (Phi) is 5.99. The fourth-order valence-electron chi connectivity index (χ4n) is 3.47. The van der Waals surface area contributed by atoms with Crippen molar-refractivity contribution < 1.29 is 4.79 Å². The van der Waals surface area contributed by atoms with Gasteiger partial charge in [-0.15, -0.1) is 0 Å². The van der Waals surface area contributed by atoms with Gasteiger partial charge in [-0.25, -0.2) is 9.78 Å². The van der Waals surface area contributed by atoms with Gasteiger partial charge in [0.1, 0.15) is 5.82 Å². The number of aromatic nitrogens is 4. The monoisotopic (exact) mass is 440 g/mol. The lowest BCUT2D eigenvalue weighted by atomic mass is 10.2. The molecule has 0 aliphatic heterocycles. The minimum absolute atomic E-state index is 0.00540. The van der Waals surface area contributed by atoms with Crippen LogP contribution < -0.4 is 21.9 Å². The van der Waals surface area contributed by atoms with Crippen LogP contribution in [-0.2, 0) is 11.3 Å². The Morgan fingerprint density at radius 1 is 1.29 bits per heavy atom. The third kappa shape index (κ3) is 4.43. The molecule has 1 amide bonds. The highest BCUT2D eigenvalue weighted by atomic mass is 32.2. The SMILES string of the molecule is CCN(C(=O)CSc1nccn1C1CC1)c1c(N)n(Cc2ccccc2)c(=O)[nH]c1=O. The number of thioether (sulfide) groups is 1. The molecule has 162 valence electrons. The third-order valence-corrected chi connectivity index (χ3v) is 6.15. The number of H-pyrrole nitrogens is 1. The molecule has 0 unspecified atom stereocenters. The second-order valence-corrected chi connectivity index (χ2v) is 8.28. The Hall–Kier alpha value is -3.27. The zero-order valence-corrected chi connectivity index (χ0v) is 18.0. The number of imidazole rings is 1. The lowest BCUT2D eigenvalue weighted by molar-refractivity contribution is -0.116. The van der Waals surface area contributed by atoms with Crippen molar-refractivity contribution in [3.63, 3.8) is 0 Å². The zero-order valence-electron chi connectivity index (χ0n) is 17.2.